The van der Waals surface area contributed by atoms with Gasteiger partial charge in [-0.3, -0.25) is 4.90 Å². The van der Waals surface area contributed by atoms with Crippen LogP contribution >= 0.6 is 0 Å². The third-order valence-corrected chi connectivity index (χ3v) is 3.22. The third kappa shape index (κ3) is 4.24. The second-order valence-corrected chi connectivity index (χ2v) is 4.55. The van der Waals surface area contributed by atoms with Crippen molar-refractivity contribution < 1.29 is 42.5 Å². The molecule has 1 rings (SSSR count). The molecule has 72 valence electrons. The number of piperazine rings is 1. The van der Waals surface area contributed by atoms with E-state index in [2.05, 4.69) is 5.32 Å². The van der Waals surface area contributed by atoms with E-state index >= 15 is 0 Å². The van der Waals surface area contributed by atoms with E-state index in [0.717, 1.165) is 13.1 Å². The maximum absolute atomic E-state index is 10.6. The Kier molecular flexibility index (Phi) is 6.01. The van der Waals surface area contributed by atoms with E-state index in [0.29, 0.717) is 13.1 Å². The summed E-state index contributed by atoms with van der Waals surface area (Å²) in [5.41, 5.74) is 0. The van der Waals surface area contributed by atoms with Crippen LogP contribution in [0.15, 0.2) is 0 Å². The third-order valence-electron chi connectivity index (χ3n) is 2.08. The Bertz CT molecular complexity index is 238. The Morgan fingerprint density at radius 1 is 1.38 bits per heavy atom. The summed E-state index contributed by atoms with van der Waals surface area (Å²) >= 11 is 0. The summed E-state index contributed by atoms with van der Waals surface area (Å²) in [7, 11) is -4.15. The van der Waals surface area contributed by atoms with Crippen molar-refractivity contribution in [2.75, 3.05) is 26.2 Å². The number of rotatable bonds is 2. The van der Waals surface area contributed by atoms with Gasteiger partial charge >= 0.3 is 29.6 Å². The SMILES string of the molecule is CC(N1CCNCC1)S(=O)(=O)[O-].[Na+]. The first-order valence-electron chi connectivity index (χ1n) is 3.91. The second kappa shape index (κ2) is 5.65. The van der Waals surface area contributed by atoms with Gasteiger partial charge in [-0.15, -0.1) is 0 Å². The molecule has 7 heteroatoms. The largest absolute Gasteiger partial charge is 1.00 e. The molecular formula is C6H13N2NaO3S. The minimum Gasteiger partial charge on any atom is -0.747 e. The fraction of sp³-hybridized carbons (Fsp3) is 1.00. The van der Waals surface area contributed by atoms with Crippen molar-refractivity contribution in [2.24, 2.45) is 0 Å². The van der Waals surface area contributed by atoms with Crippen molar-refractivity contribution in [3.63, 3.8) is 0 Å². The van der Waals surface area contributed by atoms with Crippen LogP contribution in [0, 0.1) is 0 Å². The molecule has 0 aliphatic carbocycles. The van der Waals surface area contributed by atoms with E-state index in [1.54, 1.807) is 4.90 Å². The van der Waals surface area contributed by atoms with Crippen molar-refractivity contribution in [1.29, 1.82) is 0 Å². The minimum absolute atomic E-state index is 0. The van der Waals surface area contributed by atoms with Crippen LogP contribution in [0.5, 0.6) is 0 Å². The molecule has 0 radical (unpaired) electrons. The van der Waals surface area contributed by atoms with E-state index < -0.39 is 15.5 Å². The molecule has 1 saturated heterocycles. The number of nitrogens with zero attached hydrogens (tertiary/aromatic N) is 1. The van der Waals surface area contributed by atoms with Crippen LogP contribution in [0.25, 0.3) is 0 Å². The molecule has 0 saturated carbocycles. The molecule has 1 unspecified atom stereocenters. The predicted octanol–water partition coefficient (Wildman–Crippen LogP) is -4.21. The van der Waals surface area contributed by atoms with Gasteiger partial charge in [-0.25, -0.2) is 8.42 Å². The predicted molar refractivity (Wildman–Crippen MR) is 43.6 cm³/mol. The van der Waals surface area contributed by atoms with Gasteiger partial charge in [-0.1, -0.05) is 0 Å². The Labute approximate surface area is 101 Å². The maximum Gasteiger partial charge on any atom is 1.00 e. The number of hydrogen-bond acceptors (Lipinski definition) is 5. The monoisotopic (exact) mass is 216 g/mol. The van der Waals surface area contributed by atoms with Crippen LogP contribution < -0.4 is 34.9 Å². The zero-order chi connectivity index (χ0) is 9.19. The fourth-order valence-electron chi connectivity index (χ4n) is 1.23. The average Bonchev–Trinajstić information content (AvgIpc) is 2.03. The first kappa shape index (κ1) is 13.8. The summed E-state index contributed by atoms with van der Waals surface area (Å²) in [6, 6.07) is 0. The van der Waals surface area contributed by atoms with Gasteiger partial charge in [0.2, 0.25) is 0 Å². The molecule has 5 nitrogen and oxygen atoms in total. The summed E-state index contributed by atoms with van der Waals surface area (Å²) in [6.07, 6.45) is 0. The van der Waals surface area contributed by atoms with Crippen molar-refractivity contribution in [3.8, 4) is 0 Å². The molecular weight excluding hydrogens is 203 g/mol. The van der Waals surface area contributed by atoms with E-state index in [1.807, 2.05) is 0 Å². The molecule has 1 N–H and O–H groups in total. The fourth-order valence-corrected chi connectivity index (χ4v) is 1.80. The van der Waals surface area contributed by atoms with Crippen molar-refractivity contribution >= 4 is 10.1 Å². The summed E-state index contributed by atoms with van der Waals surface area (Å²) in [5, 5.41) is 2.19. The first-order chi connectivity index (χ1) is 5.52. The van der Waals surface area contributed by atoms with E-state index in [9.17, 15) is 13.0 Å². The van der Waals surface area contributed by atoms with Gasteiger partial charge in [0.15, 0.2) is 0 Å². The molecule has 0 aromatic rings. The number of nitrogens with one attached hydrogen (secondary N) is 1. The molecule has 1 fully saturated rings. The molecule has 1 aliphatic heterocycles. The Balaban J connectivity index is 0.00000144. The van der Waals surface area contributed by atoms with Crippen LogP contribution in [0.1, 0.15) is 6.92 Å². The molecule has 1 atom stereocenters. The Hall–Kier alpha value is 0.830. The summed E-state index contributed by atoms with van der Waals surface area (Å²) in [5.74, 6) is 0. The molecule has 0 aromatic carbocycles. The molecule has 0 aromatic heterocycles. The smallest absolute Gasteiger partial charge is 0.747 e. The molecule has 1 heterocycles. The van der Waals surface area contributed by atoms with Gasteiger partial charge in [0.25, 0.3) is 0 Å². The summed E-state index contributed by atoms with van der Waals surface area (Å²) in [6.45, 7) is 4.19. The molecule has 0 amide bonds. The minimum atomic E-state index is -4.15. The summed E-state index contributed by atoms with van der Waals surface area (Å²) < 4.78 is 31.8. The van der Waals surface area contributed by atoms with Crippen LogP contribution in [0.2, 0.25) is 0 Å². The van der Waals surface area contributed by atoms with Crippen LogP contribution in [-0.2, 0) is 10.1 Å². The van der Waals surface area contributed by atoms with Crippen molar-refractivity contribution in [3.05, 3.63) is 0 Å². The molecule has 1 aliphatic rings. The Morgan fingerprint density at radius 3 is 2.23 bits per heavy atom. The quantitative estimate of drug-likeness (QED) is 0.374. The first-order valence-corrected chi connectivity index (χ1v) is 5.38. The number of hydrogen-bond donors (Lipinski definition) is 1. The van der Waals surface area contributed by atoms with Gasteiger partial charge in [-0.05, 0) is 6.92 Å². The van der Waals surface area contributed by atoms with E-state index in [-0.39, 0.29) is 29.6 Å². The van der Waals surface area contributed by atoms with Gasteiger partial charge < -0.3 is 9.87 Å². The van der Waals surface area contributed by atoms with Gasteiger partial charge in [0.1, 0.15) is 10.1 Å². The van der Waals surface area contributed by atoms with E-state index in [4.69, 9.17) is 0 Å². The topological polar surface area (TPSA) is 72.5 Å². The standard InChI is InChI=1S/C6H14N2O3S.Na/c1-6(12(9,10)11)8-4-2-7-3-5-8;/h6-7H,2-5H2,1H3,(H,9,10,11);/q;+1/p-1. The van der Waals surface area contributed by atoms with Crippen molar-refractivity contribution in [2.45, 2.75) is 12.3 Å². The average molecular weight is 216 g/mol. The second-order valence-electron chi connectivity index (χ2n) is 2.88. The Morgan fingerprint density at radius 2 is 1.85 bits per heavy atom. The molecule has 0 bridgehead atoms. The molecule has 13 heavy (non-hydrogen) atoms. The normalized spacial score (nSPS) is 22.0. The van der Waals surface area contributed by atoms with Gasteiger partial charge in [-0.2, -0.15) is 0 Å². The zero-order valence-corrected chi connectivity index (χ0v) is 10.8. The van der Waals surface area contributed by atoms with Crippen LogP contribution in [-0.4, -0.2) is 49.4 Å². The zero-order valence-electron chi connectivity index (χ0n) is 7.99. The van der Waals surface area contributed by atoms with E-state index in [1.165, 1.54) is 6.92 Å². The van der Waals surface area contributed by atoms with Gasteiger partial charge in [0, 0.05) is 26.2 Å². The van der Waals surface area contributed by atoms with Crippen molar-refractivity contribution in [1.82, 2.24) is 10.2 Å². The molecule has 0 spiro atoms. The van der Waals surface area contributed by atoms with Gasteiger partial charge in [0.05, 0.1) is 5.37 Å². The maximum atomic E-state index is 10.6. The summed E-state index contributed by atoms with van der Waals surface area (Å²) in [4.78, 5) is 1.68. The van der Waals surface area contributed by atoms with Crippen LogP contribution in [0.3, 0.4) is 0 Å². The van der Waals surface area contributed by atoms with Crippen LogP contribution in [0.4, 0.5) is 0 Å².